The lowest BCUT2D eigenvalue weighted by atomic mass is 9.87. The van der Waals surface area contributed by atoms with E-state index >= 15 is 0 Å². The number of carboxylic acid groups (broad SMARTS) is 1. The number of aromatic nitrogens is 2. The number of nitrogens with two attached hydrogens (primary N) is 1. The smallest absolute Gasteiger partial charge is 0.404 e. The molecule has 5 rings (SSSR count). The fourth-order valence-electron chi connectivity index (χ4n) is 6.18. The molecule has 4 amide bonds. The summed E-state index contributed by atoms with van der Waals surface area (Å²) in [5, 5.41) is 18.0. The van der Waals surface area contributed by atoms with E-state index in [1.165, 1.54) is 15.7 Å². The van der Waals surface area contributed by atoms with E-state index < -0.39 is 17.3 Å². The number of nitrogens with one attached hydrogen (secondary N) is 3. The van der Waals surface area contributed by atoms with Gasteiger partial charge in [0.15, 0.2) is 0 Å². The van der Waals surface area contributed by atoms with Gasteiger partial charge in [-0.1, -0.05) is 6.07 Å². The molecule has 1 aromatic carbocycles. The Hall–Kier alpha value is -3.97. The summed E-state index contributed by atoms with van der Waals surface area (Å²) in [4.78, 5) is 56.3. The fraction of sp³-hybridized carbons (Fsp3) is 0.552. The monoisotopic (exact) mass is 580 g/mol. The number of benzene rings is 1. The molecular formula is C29H40N8O5. The van der Waals surface area contributed by atoms with Crippen LogP contribution in [0.1, 0.15) is 50.7 Å². The van der Waals surface area contributed by atoms with Crippen molar-refractivity contribution in [3.8, 4) is 5.69 Å². The first kappa shape index (κ1) is 29.5. The molecule has 1 aliphatic heterocycles. The van der Waals surface area contributed by atoms with Gasteiger partial charge in [0.05, 0.1) is 11.2 Å². The quantitative estimate of drug-likeness (QED) is 0.340. The average Bonchev–Trinajstić information content (AvgIpc) is 3.37. The number of carbonyl (C=O) groups is 3. The molecule has 2 fully saturated rings. The molecule has 42 heavy (non-hydrogen) atoms. The van der Waals surface area contributed by atoms with Crippen LogP contribution in [0.2, 0.25) is 0 Å². The first-order valence-corrected chi connectivity index (χ1v) is 14.6. The molecule has 1 saturated carbocycles. The van der Waals surface area contributed by atoms with Crippen molar-refractivity contribution in [1.29, 1.82) is 0 Å². The minimum atomic E-state index is -0.964. The van der Waals surface area contributed by atoms with E-state index in [-0.39, 0.29) is 23.8 Å². The molecule has 6 N–H and O–H groups in total. The Bertz CT molecular complexity index is 1400. The molecule has 2 aliphatic carbocycles. The van der Waals surface area contributed by atoms with E-state index in [1.807, 2.05) is 12.1 Å². The van der Waals surface area contributed by atoms with Crippen LogP contribution in [0.25, 0.3) is 5.69 Å². The molecule has 1 unspecified atom stereocenters. The van der Waals surface area contributed by atoms with Crippen LogP contribution in [0.3, 0.4) is 0 Å². The van der Waals surface area contributed by atoms with Crippen molar-refractivity contribution in [3.63, 3.8) is 0 Å². The van der Waals surface area contributed by atoms with E-state index in [0.29, 0.717) is 38.3 Å². The fourth-order valence-corrected chi connectivity index (χ4v) is 6.18. The van der Waals surface area contributed by atoms with Crippen molar-refractivity contribution in [2.45, 2.75) is 76.0 Å². The van der Waals surface area contributed by atoms with Crippen LogP contribution in [0.5, 0.6) is 0 Å². The van der Waals surface area contributed by atoms with Crippen molar-refractivity contribution >= 4 is 23.8 Å². The summed E-state index contributed by atoms with van der Waals surface area (Å²) in [5.41, 5.74) is 7.62. The highest BCUT2D eigenvalue weighted by Crippen LogP contribution is 2.26. The van der Waals surface area contributed by atoms with Crippen LogP contribution in [-0.2, 0) is 17.6 Å². The Balaban J connectivity index is 1.15. The number of piperazine rings is 1. The number of carbonyl (C=O) groups excluding carboxylic acids is 2. The number of fused-ring (bicyclic) bond motifs is 1. The zero-order chi connectivity index (χ0) is 30.0. The van der Waals surface area contributed by atoms with Gasteiger partial charge in [0.2, 0.25) is 5.91 Å². The maximum atomic E-state index is 12.9. The Morgan fingerprint density at radius 3 is 2.38 bits per heavy atom. The molecule has 0 radical (unpaired) electrons. The highest BCUT2D eigenvalue weighted by molar-refractivity contribution is 5.89. The van der Waals surface area contributed by atoms with Gasteiger partial charge in [-0.15, -0.1) is 0 Å². The zero-order valence-electron chi connectivity index (χ0n) is 24.1. The molecule has 2 aromatic rings. The standard InChI is InChI=1S/C29H40N8O5/c1-29(2,30)25(38)35-11-13-36(14-12-35)26(39)33-24-9-10-37(27(40)34-24)23-8-4-18-15-20(5-3-19(18)16-23)31-21-6-7-22(17-21)32-28(41)42/h4,8-10,16,20-22,31-32H,3,5-7,11-15,17,30H2,1-2H3,(H,41,42)(H,33,34,39,40)/t20?,21-,22-/m0/s1. The lowest BCUT2D eigenvalue weighted by molar-refractivity contribution is -0.137. The summed E-state index contributed by atoms with van der Waals surface area (Å²) in [6.45, 7) is 4.83. The second-order valence-electron chi connectivity index (χ2n) is 12.1. The Morgan fingerprint density at radius 1 is 0.976 bits per heavy atom. The van der Waals surface area contributed by atoms with Crippen LogP contribution in [0, 0.1) is 0 Å². The molecule has 0 bridgehead atoms. The number of urea groups is 1. The zero-order valence-corrected chi connectivity index (χ0v) is 24.1. The number of nitrogens with zero attached hydrogens (tertiary/aromatic N) is 4. The van der Waals surface area contributed by atoms with Gasteiger partial charge >= 0.3 is 17.8 Å². The summed E-state index contributed by atoms with van der Waals surface area (Å²) in [5.74, 6) is 0.0171. The SMILES string of the molecule is CC(C)(N)C(=O)N1CCN(C(=O)Nc2ccn(-c3ccc4c(c3)CCC(N[C@H]3CC[C@H](NC(=O)O)C3)C4)c(=O)n2)CC1. The van der Waals surface area contributed by atoms with Crippen LogP contribution >= 0.6 is 0 Å². The van der Waals surface area contributed by atoms with Crippen LogP contribution in [-0.4, -0.2) is 92.3 Å². The highest BCUT2D eigenvalue weighted by Gasteiger charge is 2.32. The van der Waals surface area contributed by atoms with Crippen molar-refractivity contribution in [2.24, 2.45) is 5.73 Å². The van der Waals surface area contributed by atoms with Crippen LogP contribution in [0.15, 0.2) is 35.3 Å². The number of aryl methyl sites for hydroxylation is 1. The molecule has 13 nitrogen and oxygen atoms in total. The largest absolute Gasteiger partial charge is 0.465 e. The molecule has 0 spiro atoms. The lowest BCUT2D eigenvalue weighted by Gasteiger charge is -2.37. The Labute approximate surface area is 244 Å². The van der Waals surface area contributed by atoms with Crippen LogP contribution in [0.4, 0.5) is 15.4 Å². The molecule has 1 aromatic heterocycles. The number of rotatable bonds is 6. The van der Waals surface area contributed by atoms with Crippen molar-refractivity contribution in [1.82, 2.24) is 30.0 Å². The van der Waals surface area contributed by atoms with Gasteiger partial charge in [-0.05, 0) is 81.7 Å². The minimum Gasteiger partial charge on any atom is -0.465 e. The third-order valence-corrected chi connectivity index (χ3v) is 8.37. The second-order valence-corrected chi connectivity index (χ2v) is 12.1. The van der Waals surface area contributed by atoms with Crippen LogP contribution < -0.4 is 27.4 Å². The predicted octanol–water partition coefficient (Wildman–Crippen LogP) is 1.28. The van der Waals surface area contributed by atoms with Crippen molar-refractivity contribution < 1.29 is 19.5 Å². The molecule has 1 saturated heterocycles. The molecule has 3 aliphatic rings. The molecule has 13 heteroatoms. The maximum Gasteiger partial charge on any atom is 0.404 e. The van der Waals surface area contributed by atoms with E-state index in [4.69, 9.17) is 10.8 Å². The summed E-state index contributed by atoms with van der Waals surface area (Å²) >= 11 is 0. The lowest BCUT2D eigenvalue weighted by Crippen LogP contribution is -2.58. The predicted molar refractivity (Wildman–Crippen MR) is 157 cm³/mol. The average molecular weight is 581 g/mol. The third kappa shape index (κ3) is 6.90. The van der Waals surface area contributed by atoms with Crippen molar-refractivity contribution in [2.75, 3.05) is 31.5 Å². The van der Waals surface area contributed by atoms with Gasteiger partial charge in [0, 0.05) is 50.5 Å². The summed E-state index contributed by atoms with van der Waals surface area (Å²) in [7, 11) is 0. The topological polar surface area (TPSA) is 175 Å². The third-order valence-electron chi connectivity index (χ3n) is 8.37. The molecular weight excluding hydrogens is 540 g/mol. The van der Waals surface area contributed by atoms with E-state index in [1.54, 1.807) is 35.9 Å². The van der Waals surface area contributed by atoms with Gasteiger partial charge in [0.25, 0.3) is 0 Å². The summed E-state index contributed by atoms with van der Waals surface area (Å²) < 4.78 is 1.47. The number of amides is 4. The molecule has 226 valence electrons. The van der Waals surface area contributed by atoms with Crippen molar-refractivity contribution in [3.05, 3.63) is 52.1 Å². The first-order valence-electron chi connectivity index (χ1n) is 14.6. The summed E-state index contributed by atoms with van der Waals surface area (Å²) in [6, 6.07) is 7.88. The van der Waals surface area contributed by atoms with Gasteiger partial charge in [-0.25, -0.2) is 14.4 Å². The highest BCUT2D eigenvalue weighted by atomic mass is 16.4. The number of anilines is 1. The normalized spacial score (nSPS) is 22.4. The molecule has 3 atom stereocenters. The first-order chi connectivity index (χ1) is 20.0. The maximum absolute atomic E-state index is 12.9. The van der Waals surface area contributed by atoms with Gasteiger partial charge in [-0.2, -0.15) is 4.98 Å². The van der Waals surface area contributed by atoms with E-state index in [0.717, 1.165) is 44.2 Å². The Kier molecular flexibility index (Phi) is 8.50. The number of hydrogen-bond donors (Lipinski definition) is 5. The second kappa shape index (κ2) is 12.1. The van der Waals surface area contributed by atoms with Gasteiger partial charge in [0.1, 0.15) is 5.82 Å². The van der Waals surface area contributed by atoms with E-state index in [2.05, 4.69) is 27.0 Å². The molecule has 2 heterocycles. The van der Waals surface area contributed by atoms with Gasteiger partial charge in [-0.3, -0.25) is 14.7 Å². The number of hydrogen-bond acceptors (Lipinski definition) is 7. The van der Waals surface area contributed by atoms with E-state index in [9.17, 15) is 19.2 Å². The minimum absolute atomic E-state index is 0.0158. The summed E-state index contributed by atoms with van der Waals surface area (Å²) in [6.07, 6.45) is 6.01. The Morgan fingerprint density at radius 2 is 1.69 bits per heavy atom. The van der Waals surface area contributed by atoms with Gasteiger partial charge < -0.3 is 31.3 Å².